The third-order valence-electron chi connectivity index (χ3n) is 3.11. The molecule has 0 aliphatic rings. The van der Waals surface area contributed by atoms with Gasteiger partial charge in [0.15, 0.2) is 5.75 Å². The fourth-order valence-corrected chi connectivity index (χ4v) is 3.35. The molecule has 0 bridgehead atoms. The highest BCUT2D eigenvalue weighted by molar-refractivity contribution is 8.00. The van der Waals surface area contributed by atoms with Crippen molar-refractivity contribution in [1.29, 1.82) is 0 Å². The number of anilines is 1. The molecule has 22 heavy (non-hydrogen) atoms. The zero-order chi connectivity index (χ0) is 16.3. The average Bonchev–Trinajstić information content (AvgIpc) is 2.46. The first-order valence-electron chi connectivity index (χ1n) is 6.55. The molecular weight excluding hydrogens is 341 g/mol. The van der Waals surface area contributed by atoms with Crippen LogP contribution in [0.5, 0.6) is 5.75 Å². The van der Waals surface area contributed by atoms with Crippen molar-refractivity contribution in [3.63, 3.8) is 0 Å². The van der Waals surface area contributed by atoms with Gasteiger partial charge in [0.25, 0.3) is 0 Å². The monoisotopic (exact) mass is 355 g/mol. The molecule has 2 aromatic rings. The Morgan fingerprint density at radius 3 is 2.27 bits per heavy atom. The third kappa shape index (κ3) is 4.09. The maximum Gasteiger partial charge on any atom is 0.234 e. The van der Waals surface area contributed by atoms with E-state index in [1.54, 1.807) is 12.1 Å². The van der Waals surface area contributed by atoms with Gasteiger partial charge in [-0.1, -0.05) is 41.4 Å². The van der Waals surface area contributed by atoms with Gasteiger partial charge in [0.05, 0.1) is 15.8 Å². The minimum Gasteiger partial charge on any atom is -0.505 e. The molecule has 2 rings (SSSR count). The van der Waals surface area contributed by atoms with E-state index in [0.29, 0.717) is 0 Å². The molecule has 0 fully saturated rings. The quantitative estimate of drug-likeness (QED) is 0.754. The van der Waals surface area contributed by atoms with E-state index in [0.717, 1.165) is 21.7 Å². The zero-order valence-electron chi connectivity index (χ0n) is 12.1. The van der Waals surface area contributed by atoms with Crippen LogP contribution >= 0.6 is 35.0 Å². The summed E-state index contributed by atoms with van der Waals surface area (Å²) in [7, 11) is 0. The summed E-state index contributed by atoms with van der Waals surface area (Å²) < 4.78 is 0. The normalized spacial score (nSPS) is 10.5. The van der Waals surface area contributed by atoms with Crippen LogP contribution in [0.15, 0.2) is 35.2 Å². The molecule has 2 aromatic carbocycles. The summed E-state index contributed by atoms with van der Waals surface area (Å²) in [6.07, 6.45) is 0. The Balaban J connectivity index is 2.02. The van der Waals surface area contributed by atoms with Gasteiger partial charge in [0.2, 0.25) is 5.91 Å². The number of hydrogen-bond donors (Lipinski definition) is 2. The van der Waals surface area contributed by atoms with Gasteiger partial charge in [-0.15, -0.1) is 11.8 Å². The van der Waals surface area contributed by atoms with Crippen molar-refractivity contribution < 1.29 is 9.90 Å². The molecule has 0 aromatic heterocycles. The number of thioether (sulfide) groups is 1. The molecule has 0 saturated heterocycles. The van der Waals surface area contributed by atoms with Gasteiger partial charge < -0.3 is 10.4 Å². The van der Waals surface area contributed by atoms with Crippen molar-refractivity contribution in [2.24, 2.45) is 0 Å². The molecule has 0 aliphatic carbocycles. The van der Waals surface area contributed by atoms with Gasteiger partial charge in [-0.25, -0.2) is 0 Å². The lowest BCUT2D eigenvalue weighted by Gasteiger charge is -2.11. The van der Waals surface area contributed by atoms with Gasteiger partial charge >= 0.3 is 0 Å². The van der Waals surface area contributed by atoms with Crippen LogP contribution < -0.4 is 5.32 Å². The summed E-state index contributed by atoms with van der Waals surface area (Å²) >= 11 is 13.0. The number of carbonyl (C=O) groups excluding carboxylic acids is 1. The van der Waals surface area contributed by atoms with Gasteiger partial charge in [0, 0.05) is 10.6 Å². The van der Waals surface area contributed by atoms with E-state index >= 15 is 0 Å². The summed E-state index contributed by atoms with van der Waals surface area (Å²) in [5.41, 5.74) is 2.89. The van der Waals surface area contributed by atoms with Crippen LogP contribution in [0.2, 0.25) is 10.0 Å². The predicted octanol–water partition coefficient (Wildman–Crippen LogP) is 5.05. The first-order valence-corrected chi connectivity index (χ1v) is 8.29. The van der Waals surface area contributed by atoms with E-state index in [9.17, 15) is 9.90 Å². The first kappa shape index (κ1) is 17.0. The van der Waals surface area contributed by atoms with E-state index in [-0.39, 0.29) is 27.5 Å². The second-order valence-electron chi connectivity index (χ2n) is 4.84. The van der Waals surface area contributed by atoms with Crippen molar-refractivity contribution in [3.8, 4) is 5.75 Å². The fraction of sp³-hybridized carbons (Fsp3) is 0.188. The Bertz CT molecular complexity index is 676. The lowest BCUT2D eigenvalue weighted by Crippen LogP contribution is -2.15. The molecule has 0 saturated carbocycles. The van der Waals surface area contributed by atoms with Crippen molar-refractivity contribution >= 4 is 46.6 Å². The molecule has 0 aliphatic heterocycles. The summed E-state index contributed by atoms with van der Waals surface area (Å²) in [5, 5.41) is 12.8. The second kappa shape index (κ2) is 7.27. The molecule has 1 amide bonds. The summed E-state index contributed by atoms with van der Waals surface area (Å²) in [6, 6.07) is 9.03. The number of aromatic hydroxyl groups is 1. The summed E-state index contributed by atoms with van der Waals surface area (Å²) in [4.78, 5) is 12.8. The van der Waals surface area contributed by atoms with Gasteiger partial charge in [-0.2, -0.15) is 0 Å². The van der Waals surface area contributed by atoms with Gasteiger partial charge in [-0.05, 0) is 37.1 Å². The minimum atomic E-state index is -0.146. The number of aryl methyl sites for hydroxylation is 2. The Kier molecular flexibility index (Phi) is 5.62. The van der Waals surface area contributed by atoms with E-state index < -0.39 is 0 Å². The molecule has 3 nitrogen and oxygen atoms in total. The predicted molar refractivity (Wildman–Crippen MR) is 93.4 cm³/mol. The maximum absolute atomic E-state index is 12.1. The summed E-state index contributed by atoms with van der Waals surface area (Å²) in [5.74, 6) is -0.0269. The van der Waals surface area contributed by atoms with Crippen LogP contribution in [-0.4, -0.2) is 16.8 Å². The number of rotatable bonds is 4. The van der Waals surface area contributed by atoms with Crippen LogP contribution in [0, 0.1) is 13.8 Å². The number of phenols is 1. The standard InChI is InChI=1S/C16H15Cl2NO2S/c1-9-4-3-5-10(2)15(9)19-14(20)8-22-11-6-12(17)16(21)13(18)7-11/h3-7,21H,8H2,1-2H3,(H,19,20). The van der Waals surface area contributed by atoms with Crippen LogP contribution in [0.25, 0.3) is 0 Å². The number of hydrogen-bond acceptors (Lipinski definition) is 3. The number of para-hydroxylation sites is 1. The van der Waals surface area contributed by atoms with Crippen LogP contribution in [-0.2, 0) is 4.79 Å². The highest BCUT2D eigenvalue weighted by Gasteiger charge is 2.10. The molecule has 6 heteroatoms. The summed E-state index contributed by atoms with van der Waals surface area (Å²) in [6.45, 7) is 3.91. The molecule has 0 heterocycles. The highest BCUT2D eigenvalue weighted by atomic mass is 35.5. The zero-order valence-corrected chi connectivity index (χ0v) is 14.4. The Hall–Kier alpha value is -1.36. The first-order chi connectivity index (χ1) is 10.4. The molecule has 0 radical (unpaired) electrons. The van der Waals surface area contributed by atoms with E-state index in [1.165, 1.54) is 11.8 Å². The molecule has 0 atom stereocenters. The van der Waals surface area contributed by atoms with E-state index in [1.807, 2.05) is 32.0 Å². The lowest BCUT2D eigenvalue weighted by atomic mass is 10.1. The van der Waals surface area contributed by atoms with Crippen LogP contribution in [0.1, 0.15) is 11.1 Å². The average molecular weight is 356 g/mol. The highest BCUT2D eigenvalue weighted by Crippen LogP contribution is 2.36. The van der Waals surface area contributed by atoms with Crippen LogP contribution in [0.4, 0.5) is 5.69 Å². The number of benzene rings is 2. The minimum absolute atomic E-state index is 0.109. The molecule has 2 N–H and O–H groups in total. The Morgan fingerprint density at radius 2 is 1.73 bits per heavy atom. The number of carbonyl (C=O) groups is 1. The molecule has 0 spiro atoms. The SMILES string of the molecule is Cc1cccc(C)c1NC(=O)CSc1cc(Cl)c(O)c(Cl)c1. The largest absolute Gasteiger partial charge is 0.505 e. The van der Waals surface area contributed by atoms with Crippen molar-refractivity contribution in [3.05, 3.63) is 51.5 Å². The van der Waals surface area contributed by atoms with Crippen molar-refractivity contribution in [2.75, 3.05) is 11.1 Å². The lowest BCUT2D eigenvalue weighted by molar-refractivity contribution is -0.113. The number of halogens is 2. The van der Waals surface area contributed by atoms with Gasteiger partial charge in [0.1, 0.15) is 0 Å². The Labute approximate surface area is 143 Å². The van der Waals surface area contributed by atoms with Crippen molar-refractivity contribution in [2.45, 2.75) is 18.7 Å². The second-order valence-corrected chi connectivity index (χ2v) is 6.70. The van der Waals surface area contributed by atoms with Crippen LogP contribution in [0.3, 0.4) is 0 Å². The molecule has 116 valence electrons. The number of nitrogens with one attached hydrogen (secondary N) is 1. The fourth-order valence-electron chi connectivity index (χ4n) is 1.96. The maximum atomic E-state index is 12.1. The smallest absolute Gasteiger partial charge is 0.234 e. The van der Waals surface area contributed by atoms with E-state index in [2.05, 4.69) is 5.32 Å². The molecule has 0 unspecified atom stereocenters. The van der Waals surface area contributed by atoms with E-state index in [4.69, 9.17) is 23.2 Å². The Morgan fingerprint density at radius 1 is 1.18 bits per heavy atom. The number of amides is 1. The molecular formula is C16H15Cl2NO2S. The van der Waals surface area contributed by atoms with Gasteiger partial charge in [-0.3, -0.25) is 4.79 Å². The number of phenolic OH excluding ortho intramolecular Hbond substituents is 1. The third-order valence-corrected chi connectivity index (χ3v) is 4.66. The topological polar surface area (TPSA) is 49.3 Å². The van der Waals surface area contributed by atoms with Crippen molar-refractivity contribution in [1.82, 2.24) is 0 Å².